The van der Waals surface area contributed by atoms with E-state index in [0.29, 0.717) is 50.8 Å². The molecule has 2 N–H and O–H groups in total. The minimum Gasteiger partial charge on any atom is -0.479 e. The first kappa shape index (κ1) is 31.5. The second kappa shape index (κ2) is 14.8. The van der Waals surface area contributed by atoms with Crippen LogP contribution in [0.25, 0.3) is 0 Å². The van der Waals surface area contributed by atoms with Gasteiger partial charge in [-0.25, -0.2) is 4.79 Å². The Labute approximate surface area is 277 Å². The maximum atomic E-state index is 12.7. The van der Waals surface area contributed by atoms with E-state index in [9.17, 15) is 15.0 Å². The Hall–Kier alpha value is -6.45. The summed E-state index contributed by atoms with van der Waals surface area (Å²) in [5, 5.41) is 47.9. The second-order valence-electron chi connectivity index (χ2n) is 10.8. The minimum atomic E-state index is -1.87. The third-order valence-electron chi connectivity index (χ3n) is 7.72. The van der Waals surface area contributed by atoms with Gasteiger partial charge >= 0.3 is 5.97 Å². The summed E-state index contributed by atoms with van der Waals surface area (Å²) in [6, 6.07) is 49.1. The van der Waals surface area contributed by atoms with Gasteiger partial charge in [0.1, 0.15) is 0 Å². The summed E-state index contributed by atoms with van der Waals surface area (Å²) in [5.74, 6) is -1.39. The zero-order valence-corrected chi connectivity index (χ0v) is 25.7. The first-order valence-electron chi connectivity index (χ1n) is 15.2. The summed E-state index contributed by atoms with van der Waals surface area (Å²) >= 11 is 0. The van der Waals surface area contributed by atoms with Crippen molar-refractivity contribution < 1.29 is 15.0 Å². The zero-order chi connectivity index (χ0) is 33.2. The SMILES string of the molecule is O=C(O)C(O)C(c1ccc(N=Nc2ccccc2)cc1)(c1ccc(N=Nc2ccccc2)cc1)c1ccc(N=Nc2ccccc2)cc1. The van der Waals surface area contributed by atoms with Crippen molar-refractivity contribution in [3.8, 4) is 0 Å². The molecule has 0 fully saturated rings. The Morgan fingerprint density at radius 3 is 0.854 bits per heavy atom. The van der Waals surface area contributed by atoms with Gasteiger partial charge in [-0.3, -0.25) is 0 Å². The first-order valence-corrected chi connectivity index (χ1v) is 15.2. The van der Waals surface area contributed by atoms with Gasteiger partial charge in [0.15, 0.2) is 6.10 Å². The number of carboxylic acid groups (broad SMARTS) is 1. The van der Waals surface area contributed by atoms with Crippen LogP contribution < -0.4 is 0 Å². The van der Waals surface area contributed by atoms with E-state index in [1.807, 2.05) is 91.0 Å². The van der Waals surface area contributed by atoms with Crippen molar-refractivity contribution in [3.63, 3.8) is 0 Å². The maximum Gasteiger partial charge on any atom is 0.334 e. The topological polar surface area (TPSA) is 132 Å². The monoisotopic (exact) mass is 630 g/mol. The van der Waals surface area contributed by atoms with E-state index in [1.54, 1.807) is 72.8 Å². The highest BCUT2D eigenvalue weighted by molar-refractivity contribution is 5.78. The Kier molecular flexibility index (Phi) is 9.70. The van der Waals surface area contributed by atoms with Crippen LogP contribution in [0.15, 0.2) is 194 Å². The van der Waals surface area contributed by atoms with Crippen molar-refractivity contribution in [2.75, 3.05) is 0 Å². The molecule has 0 spiro atoms. The average Bonchev–Trinajstić information content (AvgIpc) is 3.15. The molecule has 6 rings (SSSR count). The summed E-state index contributed by atoms with van der Waals surface area (Å²) in [4.78, 5) is 12.7. The molecule has 1 unspecified atom stereocenters. The molecule has 0 aliphatic rings. The van der Waals surface area contributed by atoms with Crippen LogP contribution in [0.1, 0.15) is 16.7 Å². The van der Waals surface area contributed by atoms with E-state index in [1.165, 1.54) is 0 Å². The summed E-state index contributed by atoms with van der Waals surface area (Å²) in [6.45, 7) is 0. The first-order chi connectivity index (χ1) is 23.5. The molecule has 0 bridgehead atoms. The van der Waals surface area contributed by atoms with Crippen molar-refractivity contribution >= 4 is 40.1 Å². The summed E-state index contributed by atoms with van der Waals surface area (Å²) in [7, 11) is 0. The van der Waals surface area contributed by atoms with Crippen molar-refractivity contribution in [2.45, 2.75) is 11.5 Å². The predicted octanol–water partition coefficient (Wildman–Crippen LogP) is 10.7. The van der Waals surface area contributed by atoms with Gasteiger partial charge in [0.05, 0.1) is 39.5 Å². The van der Waals surface area contributed by atoms with Crippen molar-refractivity contribution in [3.05, 3.63) is 180 Å². The maximum absolute atomic E-state index is 12.7. The highest BCUT2D eigenvalue weighted by Gasteiger charge is 2.47. The van der Waals surface area contributed by atoms with Crippen LogP contribution in [0.5, 0.6) is 0 Å². The van der Waals surface area contributed by atoms with Crippen LogP contribution in [0.3, 0.4) is 0 Å². The van der Waals surface area contributed by atoms with Gasteiger partial charge in [-0.2, -0.15) is 30.7 Å². The van der Waals surface area contributed by atoms with Gasteiger partial charge in [-0.05, 0) is 89.5 Å². The van der Waals surface area contributed by atoms with Gasteiger partial charge in [0, 0.05) is 0 Å². The van der Waals surface area contributed by atoms with Crippen LogP contribution >= 0.6 is 0 Å². The molecule has 0 aliphatic heterocycles. The van der Waals surface area contributed by atoms with Crippen LogP contribution in [-0.2, 0) is 10.2 Å². The van der Waals surface area contributed by atoms with E-state index in [-0.39, 0.29) is 0 Å². The number of carboxylic acids is 1. The lowest BCUT2D eigenvalue weighted by Gasteiger charge is -2.38. The molecule has 0 aliphatic carbocycles. The number of aliphatic hydroxyl groups excluding tert-OH is 1. The normalized spacial score (nSPS) is 13.5. The molecule has 1 atom stereocenters. The van der Waals surface area contributed by atoms with Crippen LogP contribution in [0.4, 0.5) is 34.1 Å². The van der Waals surface area contributed by atoms with Gasteiger partial charge in [-0.1, -0.05) is 91.0 Å². The lowest BCUT2D eigenvalue weighted by molar-refractivity contribution is -0.149. The lowest BCUT2D eigenvalue weighted by Crippen LogP contribution is -2.46. The van der Waals surface area contributed by atoms with E-state index < -0.39 is 17.5 Å². The molecule has 6 aromatic carbocycles. The molecule has 6 aromatic rings. The second-order valence-corrected chi connectivity index (χ2v) is 10.8. The standard InChI is InChI=1S/C39H30N6O3/c46-37(38(47)48)39(28-16-22-34(23-17-28)43-40-31-10-4-1-5-11-31,29-18-24-35(25-19-29)44-41-32-12-6-2-7-13-32)30-20-26-36(27-21-30)45-42-33-14-8-3-9-15-33/h1-27,37,46H,(H,47,48). The molecule has 0 radical (unpaired) electrons. The quantitative estimate of drug-likeness (QED) is 0.109. The molecule has 9 heteroatoms. The van der Waals surface area contributed by atoms with Gasteiger partial charge in [0.2, 0.25) is 0 Å². The Morgan fingerprint density at radius 2 is 0.625 bits per heavy atom. The van der Waals surface area contributed by atoms with Crippen LogP contribution in [0.2, 0.25) is 0 Å². The van der Waals surface area contributed by atoms with Gasteiger partial charge in [-0.15, -0.1) is 0 Å². The number of rotatable bonds is 11. The molecule has 0 aromatic heterocycles. The number of carbonyl (C=O) groups is 1. The number of azo groups is 3. The summed E-state index contributed by atoms with van der Waals surface area (Å²) < 4.78 is 0. The molecule has 0 heterocycles. The smallest absolute Gasteiger partial charge is 0.334 e. The average molecular weight is 631 g/mol. The zero-order valence-electron chi connectivity index (χ0n) is 25.7. The number of aliphatic hydroxyl groups is 1. The van der Waals surface area contributed by atoms with E-state index in [2.05, 4.69) is 30.7 Å². The van der Waals surface area contributed by atoms with E-state index in [4.69, 9.17) is 0 Å². The van der Waals surface area contributed by atoms with E-state index in [0.717, 1.165) is 0 Å². The number of nitrogens with zero attached hydrogens (tertiary/aromatic N) is 6. The number of hydrogen-bond donors (Lipinski definition) is 2. The largest absolute Gasteiger partial charge is 0.479 e. The summed E-state index contributed by atoms with van der Waals surface area (Å²) in [5.41, 5.74) is 3.86. The Morgan fingerprint density at radius 1 is 0.396 bits per heavy atom. The van der Waals surface area contributed by atoms with Crippen LogP contribution in [0, 0.1) is 0 Å². The summed E-state index contributed by atoms with van der Waals surface area (Å²) in [6.07, 6.45) is -1.87. The molecule has 0 saturated heterocycles. The Bertz CT molecular complexity index is 1810. The molecule has 9 nitrogen and oxygen atoms in total. The molecule has 0 amide bonds. The van der Waals surface area contributed by atoms with Crippen molar-refractivity contribution in [1.82, 2.24) is 0 Å². The lowest BCUT2D eigenvalue weighted by atomic mass is 9.65. The van der Waals surface area contributed by atoms with E-state index >= 15 is 0 Å². The highest BCUT2D eigenvalue weighted by Crippen LogP contribution is 2.44. The Balaban J connectivity index is 1.43. The van der Waals surface area contributed by atoms with Gasteiger partial charge < -0.3 is 10.2 Å². The molecule has 234 valence electrons. The highest BCUT2D eigenvalue weighted by atomic mass is 16.4. The number of hydrogen-bond acceptors (Lipinski definition) is 8. The fourth-order valence-electron chi connectivity index (χ4n) is 5.36. The predicted molar refractivity (Wildman–Crippen MR) is 185 cm³/mol. The van der Waals surface area contributed by atoms with Crippen LogP contribution in [-0.4, -0.2) is 22.3 Å². The third kappa shape index (κ3) is 7.17. The molecular formula is C39H30N6O3. The van der Waals surface area contributed by atoms with Gasteiger partial charge in [0.25, 0.3) is 0 Å². The third-order valence-corrected chi connectivity index (χ3v) is 7.72. The number of aliphatic carboxylic acids is 1. The fourth-order valence-corrected chi connectivity index (χ4v) is 5.36. The molecule has 48 heavy (non-hydrogen) atoms. The minimum absolute atomic E-state index is 0.536. The van der Waals surface area contributed by atoms with Crippen molar-refractivity contribution in [1.29, 1.82) is 0 Å². The fraction of sp³-hybridized carbons (Fsp3) is 0.0513. The number of benzene rings is 6. The molecule has 0 saturated carbocycles. The van der Waals surface area contributed by atoms with Crippen molar-refractivity contribution in [2.24, 2.45) is 30.7 Å². The molecular weight excluding hydrogens is 600 g/mol.